The minimum Gasteiger partial charge on any atom is -0.469 e. The lowest BCUT2D eigenvalue weighted by Gasteiger charge is -2.38. The summed E-state index contributed by atoms with van der Waals surface area (Å²) < 4.78 is 10.1. The van der Waals surface area contributed by atoms with Crippen molar-refractivity contribution in [1.82, 2.24) is 5.32 Å². The molecule has 1 fully saturated rings. The smallest absolute Gasteiger partial charge is 0.314 e. The van der Waals surface area contributed by atoms with Crippen molar-refractivity contribution in [2.75, 3.05) is 7.11 Å². The van der Waals surface area contributed by atoms with E-state index in [0.29, 0.717) is 6.54 Å². The number of nitrogens with one attached hydrogen (secondary N) is 1. The Balaban J connectivity index is 2.14. The van der Waals surface area contributed by atoms with Crippen LogP contribution >= 0.6 is 0 Å². The molecule has 2 rings (SSSR count). The first-order valence-corrected chi connectivity index (χ1v) is 7.10. The van der Waals surface area contributed by atoms with Gasteiger partial charge >= 0.3 is 11.9 Å². The van der Waals surface area contributed by atoms with Crippen molar-refractivity contribution in [2.24, 2.45) is 11.8 Å². The van der Waals surface area contributed by atoms with Gasteiger partial charge in [-0.05, 0) is 12.5 Å². The van der Waals surface area contributed by atoms with Gasteiger partial charge in [0.25, 0.3) is 0 Å². The number of hydrogen-bond donors (Lipinski definition) is 1. The van der Waals surface area contributed by atoms with Crippen LogP contribution in [-0.2, 0) is 25.6 Å². The summed E-state index contributed by atoms with van der Waals surface area (Å²) in [6.45, 7) is 4.08. The standard InChI is InChI=1S/C16H21NO4/c1-10-14(17-9-12-7-5-4-6-8-12)13(16(19)20-3)11(2)21-15(10)18/h4-8,10-11,13-14,17H,9H2,1-3H3/t10-,11+,13-,14-/m1/s1. The average Bonchev–Trinajstić information content (AvgIpc) is 2.49. The Morgan fingerprint density at radius 1 is 1.29 bits per heavy atom. The molecule has 0 saturated carbocycles. The van der Waals surface area contributed by atoms with Gasteiger partial charge in [0.05, 0.1) is 13.0 Å². The highest BCUT2D eigenvalue weighted by Gasteiger charge is 2.46. The van der Waals surface area contributed by atoms with E-state index in [4.69, 9.17) is 9.47 Å². The largest absolute Gasteiger partial charge is 0.469 e. The van der Waals surface area contributed by atoms with E-state index < -0.39 is 17.9 Å². The molecule has 0 aromatic heterocycles. The van der Waals surface area contributed by atoms with Crippen LogP contribution in [0, 0.1) is 11.8 Å². The minimum absolute atomic E-state index is 0.284. The lowest BCUT2D eigenvalue weighted by atomic mass is 9.83. The van der Waals surface area contributed by atoms with Gasteiger partial charge in [-0.2, -0.15) is 0 Å². The molecule has 0 radical (unpaired) electrons. The molecule has 5 nitrogen and oxygen atoms in total. The molecule has 1 saturated heterocycles. The number of rotatable bonds is 4. The quantitative estimate of drug-likeness (QED) is 0.852. The fraction of sp³-hybridized carbons (Fsp3) is 0.500. The molecular formula is C16H21NO4. The van der Waals surface area contributed by atoms with E-state index in [1.165, 1.54) is 7.11 Å². The maximum Gasteiger partial charge on any atom is 0.314 e. The van der Waals surface area contributed by atoms with Crippen LogP contribution in [-0.4, -0.2) is 31.2 Å². The van der Waals surface area contributed by atoms with Gasteiger partial charge in [-0.3, -0.25) is 9.59 Å². The van der Waals surface area contributed by atoms with Gasteiger partial charge in [0.1, 0.15) is 12.0 Å². The third-order valence-electron chi connectivity index (χ3n) is 3.96. The van der Waals surface area contributed by atoms with Crippen molar-refractivity contribution in [1.29, 1.82) is 0 Å². The molecule has 5 heteroatoms. The van der Waals surface area contributed by atoms with Gasteiger partial charge in [0.15, 0.2) is 0 Å². The number of esters is 2. The molecule has 114 valence electrons. The predicted octanol–water partition coefficient (Wildman–Crippen LogP) is 1.52. The number of cyclic esters (lactones) is 1. The van der Waals surface area contributed by atoms with Crippen molar-refractivity contribution in [3.63, 3.8) is 0 Å². The third-order valence-corrected chi connectivity index (χ3v) is 3.96. The summed E-state index contributed by atoms with van der Waals surface area (Å²) in [7, 11) is 1.35. The molecule has 0 bridgehead atoms. The van der Waals surface area contributed by atoms with Crippen LogP contribution in [0.5, 0.6) is 0 Å². The molecule has 1 aromatic carbocycles. The minimum atomic E-state index is -0.494. The second kappa shape index (κ2) is 6.72. The molecule has 1 aromatic rings. The van der Waals surface area contributed by atoms with Crippen molar-refractivity contribution in [3.8, 4) is 0 Å². The number of hydrogen-bond acceptors (Lipinski definition) is 5. The first-order chi connectivity index (χ1) is 10.0. The Hall–Kier alpha value is -1.88. The second-order valence-corrected chi connectivity index (χ2v) is 5.37. The first kappa shape index (κ1) is 15.5. The molecule has 0 unspecified atom stereocenters. The summed E-state index contributed by atoms with van der Waals surface area (Å²) in [5.74, 6) is -1.53. The number of carbonyl (C=O) groups is 2. The molecule has 1 heterocycles. The highest BCUT2D eigenvalue weighted by molar-refractivity contribution is 5.80. The molecule has 1 aliphatic heterocycles. The Bertz CT molecular complexity index is 502. The number of ether oxygens (including phenoxy) is 2. The summed E-state index contributed by atoms with van der Waals surface area (Å²) in [4.78, 5) is 23.9. The molecule has 0 amide bonds. The highest BCUT2D eigenvalue weighted by atomic mass is 16.6. The number of methoxy groups -OCH3 is 1. The van der Waals surface area contributed by atoms with Gasteiger partial charge in [-0.15, -0.1) is 0 Å². The molecule has 4 atom stereocenters. The number of carbonyl (C=O) groups excluding carboxylic acids is 2. The molecule has 1 aliphatic rings. The molecule has 21 heavy (non-hydrogen) atoms. The van der Waals surface area contributed by atoms with Gasteiger partial charge < -0.3 is 14.8 Å². The maximum absolute atomic E-state index is 12.0. The summed E-state index contributed by atoms with van der Waals surface area (Å²) in [5.41, 5.74) is 1.10. The monoisotopic (exact) mass is 291 g/mol. The van der Waals surface area contributed by atoms with E-state index in [9.17, 15) is 9.59 Å². The van der Waals surface area contributed by atoms with Crippen LogP contribution in [0.3, 0.4) is 0 Å². The van der Waals surface area contributed by atoms with E-state index in [2.05, 4.69) is 5.32 Å². The maximum atomic E-state index is 12.0. The van der Waals surface area contributed by atoms with Crippen molar-refractivity contribution >= 4 is 11.9 Å². The Kier molecular flexibility index (Phi) is 4.96. The summed E-state index contributed by atoms with van der Waals surface area (Å²) in [6, 6.07) is 9.55. The normalized spacial score (nSPS) is 28.8. The lowest BCUT2D eigenvalue weighted by Crippen LogP contribution is -2.56. The Labute approximate surface area is 124 Å². The second-order valence-electron chi connectivity index (χ2n) is 5.37. The lowest BCUT2D eigenvalue weighted by molar-refractivity contribution is -0.175. The Morgan fingerprint density at radius 3 is 2.57 bits per heavy atom. The fourth-order valence-electron chi connectivity index (χ4n) is 2.72. The van der Waals surface area contributed by atoms with Crippen LogP contribution in [0.15, 0.2) is 30.3 Å². The predicted molar refractivity (Wildman–Crippen MR) is 77.3 cm³/mol. The van der Waals surface area contributed by atoms with E-state index in [-0.39, 0.29) is 18.0 Å². The SMILES string of the molecule is COC(=O)[C@H]1[C@H](NCc2ccccc2)[C@@H](C)C(=O)O[C@H]1C. The van der Waals surface area contributed by atoms with E-state index >= 15 is 0 Å². The first-order valence-electron chi connectivity index (χ1n) is 7.10. The van der Waals surface area contributed by atoms with Crippen molar-refractivity contribution < 1.29 is 19.1 Å². The van der Waals surface area contributed by atoms with Crippen molar-refractivity contribution in [2.45, 2.75) is 32.5 Å². The van der Waals surface area contributed by atoms with Gasteiger partial charge in [0.2, 0.25) is 0 Å². The molecular weight excluding hydrogens is 270 g/mol. The number of benzene rings is 1. The molecule has 1 N–H and O–H groups in total. The summed E-state index contributed by atoms with van der Waals surface area (Å²) >= 11 is 0. The zero-order chi connectivity index (χ0) is 15.4. The van der Waals surface area contributed by atoms with Crippen molar-refractivity contribution in [3.05, 3.63) is 35.9 Å². The topological polar surface area (TPSA) is 64.6 Å². The molecule has 0 spiro atoms. The van der Waals surface area contributed by atoms with Gasteiger partial charge in [-0.1, -0.05) is 37.3 Å². The summed E-state index contributed by atoms with van der Waals surface area (Å²) in [5, 5.41) is 3.31. The Morgan fingerprint density at radius 2 is 1.95 bits per heavy atom. The van der Waals surface area contributed by atoms with E-state index in [1.54, 1.807) is 13.8 Å². The van der Waals surface area contributed by atoms with Crippen LogP contribution in [0.4, 0.5) is 0 Å². The zero-order valence-corrected chi connectivity index (χ0v) is 12.5. The fourth-order valence-corrected chi connectivity index (χ4v) is 2.72. The summed E-state index contributed by atoms with van der Waals surface area (Å²) in [6.07, 6.45) is -0.491. The van der Waals surface area contributed by atoms with Crippen LogP contribution in [0.1, 0.15) is 19.4 Å². The van der Waals surface area contributed by atoms with Crippen LogP contribution in [0.25, 0.3) is 0 Å². The van der Waals surface area contributed by atoms with E-state index in [1.807, 2.05) is 30.3 Å². The van der Waals surface area contributed by atoms with Gasteiger partial charge in [0, 0.05) is 12.6 Å². The van der Waals surface area contributed by atoms with Crippen LogP contribution < -0.4 is 5.32 Å². The van der Waals surface area contributed by atoms with Gasteiger partial charge in [-0.25, -0.2) is 0 Å². The average molecular weight is 291 g/mol. The third kappa shape index (κ3) is 3.42. The zero-order valence-electron chi connectivity index (χ0n) is 12.5. The molecule has 0 aliphatic carbocycles. The van der Waals surface area contributed by atoms with E-state index in [0.717, 1.165) is 5.56 Å². The highest BCUT2D eigenvalue weighted by Crippen LogP contribution is 2.28. The van der Waals surface area contributed by atoms with Crippen LogP contribution in [0.2, 0.25) is 0 Å².